The van der Waals surface area contributed by atoms with E-state index < -0.39 is 10.0 Å². The predicted octanol–water partition coefficient (Wildman–Crippen LogP) is 3.28. The van der Waals surface area contributed by atoms with Crippen molar-refractivity contribution < 1.29 is 17.9 Å². The molecule has 2 aliphatic rings. The molecule has 1 heterocycles. The Morgan fingerprint density at radius 1 is 1.24 bits per heavy atom. The average Bonchev–Trinajstić information content (AvgIpc) is 2.61. The fraction of sp³-hybridized carbons (Fsp3) is 0.522. The fourth-order valence-electron chi connectivity index (χ4n) is 4.53. The Morgan fingerprint density at radius 2 is 1.93 bits per heavy atom. The number of allylic oxidation sites excluding steroid dienone is 1. The molecule has 0 spiro atoms. The maximum Gasteiger partial charge on any atom is 0.213 e. The first-order chi connectivity index (χ1) is 13.7. The number of Topliss-reactive ketones (excluding diaryl/α,β-unsaturated/α-hetero) is 1. The molecule has 6 heteroatoms. The Labute approximate surface area is 174 Å². The Morgan fingerprint density at radius 3 is 2.48 bits per heavy atom. The largest absolute Gasteiger partial charge is 0.496 e. The van der Waals surface area contributed by atoms with Crippen LogP contribution in [0.4, 0.5) is 0 Å². The third kappa shape index (κ3) is 4.12. The SMILES string of the molecule is C=C1CC(C2CN(S(=O)(=O)CC)C2)CC(=O)C1c1c(C)cc(C#CC)cc1OC. The van der Waals surface area contributed by atoms with Crippen LogP contribution in [0.3, 0.4) is 0 Å². The van der Waals surface area contributed by atoms with Crippen LogP contribution in [0.25, 0.3) is 0 Å². The summed E-state index contributed by atoms with van der Waals surface area (Å²) in [7, 11) is -1.53. The fourth-order valence-corrected chi connectivity index (χ4v) is 5.73. The minimum atomic E-state index is -3.14. The molecule has 0 amide bonds. The normalized spacial score (nSPS) is 23.3. The number of ether oxygens (including phenoxy) is 1. The molecule has 1 aliphatic carbocycles. The van der Waals surface area contributed by atoms with Gasteiger partial charge in [0.2, 0.25) is 10.0 Å². The van der Waals surface area contributed by atoms with Crippen LogP contribution in [-0.4, -0.2) is 44.5 Å². The molecule has 156 valence electrons. The number of sulfonamides is 1. The number of carbonyl (C=O) groups excluding carboxylic acids is 1. The number of rotatable bonds is 5. The number of nitrogens with zero attached hydrogens (tertiary/aromatic N) is 1. The lowest BCUT2D eigenvalue weighted by Crippen LogP contribution is -2.54. The van der Waals surface area contributed by atoms with Crippen LogP contribution < -0.4 is 4.74 Å². The first kappa shape index (κ1) is 21.6. The molecule has 1 saturated carbocycles. The van der Waals surface area contributed by atoms with Crippen LogP contribution in [0, 0.1) is 30.6 Å². The van der Waals surface area contributed by atoms with Crippen LogP contribution in [0.2, 0.25) is 0 Å². The number of carbonyl (C=O) groups is 1. The van der Waals surface area contributed by atoms with Crippen molar-refractivity contribution in [3.63, 3.8) is 0 Å². The van der Waals surface area contributed by atoms with Gasteiger partial charge in [-0.3, -0.25) is 4.79 Å². The summed E-state index contributed by atoms with van der Waals surface area (Å²) < 4.78 is 31.1. The summed E-state index contributed by atoms with van der Waals surface area (Å²) in [6.45, 7) is 10.7. The number of aryl methyl sites for hydroxylation is 1. The van der Waals surface area contributed by atoms with Gasteiger partial charge in [-0.1, -0.05) is 18.1 Å². The van der Waals surface area contributed by atoms with Gasteiger partial charge in [0.15, 0.2) is 0 Å². The molecule has 2 atom stereocenters. The van der Waals surface area contributed by atoms with E-state index in [1.165, 1.54) is 4.31 Å². The molecular formula is C23H29NO4S. The highest BCUT2D eigenvalue weighted by atomic mass is 32.2. The van der Waals surface area contributed by atoms with E-state index >= 15 is 0 Å². The Hall–Kier alpha value is -2.10. The maximum absolute atomic E-state index is 13.1. The highest BCUT2D eigenvalue weighted by Crippen LogP contribution is 2.45. The second-order valence-corrected chi connectivity index (χ2v) is 10.2. The second kappa shape index (κ2) is 8.33. The lowest BCUT2D eigenvalue weighted by Gasteiger charge is -2.44. The van der Waals surface area contributed by atoms with Crippen molar-refractivity contribution in [2.45, 2.75) is 39.5 Å². The predicted molar refractivity (Wildman–Crippen MR) is 114 cm³/mol. The Kier molecular flexibility index (Phi) is 6.21. The number of ketones is 1. The summed E-state index contributed by atoms with van der Waals surface area (Å²) in [6, 6.07) is 3.87. The molecule has 0 bridgehead atoms. The Balaban J connectivity index is 1.79. The molecule has 1 saturated heterocycles. The van der Waals surface area contributed by atoms with E-state index in [0.29, 0.717) is 25.3 Å². The first-order valence-electron chi connectivity index (χ1n) is 10.0. The maximum atomic E-state index is 13.1. The van der Waals surface area contributed by atoms with Crippen molar-refractivity contribution in [1.29, 1.82) is 0 Å². The van der Waals surface area contributed by atoms with Gasteiger partial charge in [0.1, 0.15) is 11.5 Å². The highest BCUT2D eigenvalue weighted by Gasteiger charge is 2.44. The zero-order valence-electron chi connectivity index (χ0n) is 17.6. The van der Waals surface area contributed by atoms with E-state index in [4.69, 9.17) is 4.74 Å². The van der Waals surface area contributed by atoms with Gasteiger partial charge in [0.25, 0.3) is 0 Å². The van der Waals surface area contributed by atoms with E-state index in [0.717, 1.165) is 28.7 Å². The number of benzene rings is 1. The quantitative estimate of drug-likeness (QED) is 0.547. The lowest BCUT2D eigenvalue weighted by molar-refractivity contribution is -0.122. The smallest absolute Gasteiger partial charge is 0.213 e. The summed E-state index contributed by atoms with van der Waals surface area (Å²) in [4.78, 5) is 13.1. The van der Waals surface area contributed by atoms with Crippen molar-refractivity contribution in [3.8, 4) is 17.6 Å². The zero-order valence-corrected chi connectivity index (χ0v) is 18.4. The van der Waals surface area contributed by atoms with E-state index in [9.17, 15) is 13.2 Å². The van der Waals surface area contributed by atoms with Gasteiger partial charge in [-0.15, -0.1) is 5.92 Å². The summed E-state index contributed by atoms with van der Waals surface area (Å²) in [5, 5.41) is 0. The van der Waals surface area contributed by atoms with Crippen molar-refractivity contribution >= 4 is 15.8 Å². The first-order valence-corrected chi connectivity index (χ1v) is 11.6. The van der Waals surface area contributed by atoms with Gasteiger partial charge in [0, 0.05) is 30.6 Å². The minimum absolute atomic E-state index is 0.121. The third-order valence-electron chi connectivity index (χ3n) is 6.15. The Bertz CT molecular complexity index is 976. The van der Waals surface area contributed by atoms with Crippen LogP contribution in [0.1, 0.15) is 49.3 Å². The van der Waals surface area contributed by atoms with E-state index in [1.54, 1.807) is 21.0 Å². The van der Waals surface area contributed by atoms with Gasteiger partial charge in [-0.05, 0) is 56.7 Å². The molecule has 0 radical (unpaired) electrons. The third-order valence-corrected chi connectivity index (χ3v) is 7.96. The standard InChI is InChI=1S/C23H29NO4S/c1-6-8-17-9-15(3)23(21(11-17)28-5)22-16(4)10-18(12-20(22)25)19-13-24(14-19)29(26,27)7-2/h9,11,18-19,22H,4,7,10,12-14H2,1-3,5H3. The summed E-state index contributed by atoms with van der Waals surface area (Å²) in [5.41, 5.74) is 3.61. The molecular weight excluding hydrogens is 386 g/mol. The summed E-state index contributed by atoms with van der Waals surface area (Å²) >= 11 is 0. The van der Waals surface area contributed by atoms with Crippen molar-refractivity contribution in [3.05, 3.63) is 41.0 Å². The monoisotopic (exact) mass is 415 g/mol. The summed E-state index contributed by atoms with van der Waals surface area (Å²) in [6.07, 6.45) is 1.19. The molecule has 1 aromatic carbocycles. The van der Waals surface area contributed by atoms with Crippen LogP contribution >= 0.6 is 0 Å². The van der Waals surface area contributed by atoms with Crippen molar-refractivity contribution in [2.75, 3.05) is 26.0 Å². The van der Waals surface area contributed by atoms with Crippen molar-refractivity contribution in [1.82, 2.24) is 4.31 Å². The molecule has 1 aliphatic heterocycles. The topological polar surface area (TPSA) is 63.7 Å². The van der Waals surface area contributed by atoms with Gasteiger partial charge >= 0.3 is 0 Å². The van der Waals surface area contributed by atoms with E-state index in [-0.39, 0.29) is 29.3 Å². The van der Waals surface area contributed by atoms with Crippen LogP contribution in [0.5, 0.6) is 5.75 Å². The second-order valence-electron chi connectivity index (χ2n) is 7.99. The average molecular weight is 416 g/mol. The molecule has 0 aromatic heterocycles. The molecule has 0 N–H and O–H groups in total. The van der Waals surface area contributed by atoms with Crippen molar-refractivity contribution in [2.24, 2.45) is 11.8 Å². The highest BCUT2D eigenvalue weighted by molar-refractivity contribution is 7.89. The molecule has 29 heavy (non-hydrogen) atoms. The molecule has 1 aromatic rings. The number of hydrogen-bond donors (Lipinski definition) is 0. The molecule has 2 fully saturated rings. The summed E-state index contributed by atoms with van der Waals surface area (Å²) in [5.74, 6) is 6.87. The van der Waals surface area contributed by atoms with Gasteiger partial charge in [-0.2, -0.15) is 0 Å². The van der Waals surface area contributed by atoms with Crippen LogP contribution in [0.15, 0.2) is 24.3 Å². The van der Waals surface area contributed by atoms with Gasteiger partial charge in [-0.25, -0.2) is 12.7 Å². The van der Waals surface area contributed by atoms with Crippen LogP contribution in [-0.2, 0) is 14.8 Å². The van der Waals surface area contributed by atoms with Gasteiger partial charge < -0.3 is 4.74 Å². The lowest BCUT2D eigenvalue weighted by atomic mass is 9.68. The van der Waals surface area contributed by atoms with E-state index in [2.05, 4.69) is 18.4 Å². The number of methoxy groups -OCH3 is 1. The van der Waals surface area contributed by atoms with E-state index in [1.807, 2.05) is 19.1 Å². The van der Waals surface area contributed by atoms with Gasteiger partial charge in [0.05, 0.1) is 18.8 Å². The molecule has 3 rings (SSSR count). The molecule has 2 unspecified atom stereocenters. The number of hydrogen-bond acceptors (Lipinski definition) is 4. The zero-order chi connectivity index (χ0) is 21.3. The minimum Gasteiger partial charge on any atom is -0.496 e. The molecule has 5 nitrogen and oxygen atoms in total.